The number of nitrogens with zero attached hydrogens (tertiary/aromatic N) is 3. The molecular weight excluding hydrogens is 354 g/mol. The summed E-state index contributed by atoms with van der Waals surface area (Å²) in [5, 5.41) is 12.1. The van der Waals surface area contributed by atoms with E-state index in [1.807, 2.05) is 11.6 Å². The molecule has 0 aliphatic rings. The first kappa shape index (κ1) is 21.4. The molecule has 148 valence electrons. The van der Waals surface area contributed by atoms with Crippen molar-refractivity contribution in [2.24, 2.45) is 0 Å². The van der Waals surface area contributed by atoms with Gasteiger partial charge in [-0.25, -0.2) is 0 Å². The topological polar surface area (TPSA) is 45.1 Å². The second-order valence-electron chi connectivity index (χ2n) is 7.12. The lowest BCUT2D eigenvalue weighted by atomic mass is 10.1. The number of aryl methyl sites for hydroxylation is 2. The highest BCUT2D eigenvalue weighted by atomic mass is 32.1. The van der Waals surface area contributed by atoms with Crippen LogP contribution < -0.4 is 10.6 Å². The van der Waals surface area contributed by atoms with E-state index in [1.165, 1.54) is 11.1 Å². The zero-order valence-corrected chi connectivity index (χ0v) is 18.3. The number of rotatable bonds is 8. The summed E-state index contributed by atoms with van der Waals surface area (Å²) in [6.45, 7) is 16.6. The zero-order chi connectivity index (χ0) is 20.0. The fourth-order valence-electron chi connectivity index (χ4n) is 3.27. The van der Waals surface area contributed by atoms with Crippen molar-refractivity contribution in [2.75, 3.05) is 25.0 Å². The molecule has 0 saturated carbocycles. The van der Waals surface area contributed by atoms with Crippen molar-refractivity contribution in [3.8, 4) is 0 Å². The Labute approximate surface area is 169 Å². The van der Waals surface area contributed by atoms with Gasteiger partial charge in [0.1, 0.15) is 0 Å². The van der Waals surface area contributed by atoms with Gasteiger partial charge in [-0.15, -0.1) is 0 Å². The van der Waals surface area contributed by atoms with E-state index in [9.17, 15) is 0 Å². The highest BCUT2D eigenvalue weighted by molar-refractivity contribution is 7.80. The number of thiocarbonyl (C=S) groups is 1. The van der Waals surface area contributed by atoms with Crippen LogP contribution in [0, 0.1) is 20.8 Å². The number of hydrogen-bond donors (Lipinski definition) is 2. The van der Waals surface area contributed by atoms with Crippen LogP contribution in [0.3, 0.4) is 0 Å². The molecule has 1 aromatic carbocycles. The third kappa shape index (κ3) is 5.78. The van der Waals surface area contributed by atoms with Gasteiger partial charge in [0.2, 0.25) is 0 Å². The molecule has 1 heterocycles. The van der Waals surface area contributed by atoms with Gasteiger partial charge in [0, 0.05) is 12.6 Å². The van der Waals surface area contributed by atoms with Crippen molar-refractivity contribution >= 4 is 23.0 Å². The number of nitrogens with one attached hydrogen (secondary N) is 2. The van der Waals surface area contributed by atoms with Crippen molar-refractivity contribution in [2.45, 2.75) is 54.1 Å². The predicted molar refractivity (Wildman–Crippen MR) is 119 cm³/mol. The maximum Gasteiger partial charge on any atom is 0.171 e. The average molecular weight is 388 g/mol. The normalized spacial score (nSPS) is 12.3. The summed E-state index contributed by atoms with van der Waals surface area (Å²) < 4.78 is 2.04. The number of likely N-dealkylation sites (N-methyl/N-ethyl adjacent to an activating group) is 1. The Morgan fingerprint density at radius 1 is 1.19 bits per heavy atom. The van der Waals surface area contributed by atoms with Gasteiger partial charge < -0.3 is 15.5 Å². The molecule has 0 fully saturated rings. The molecule has 2 N–H and O–H groups in total. The highest BCUT2D eigenvalue weighted by Crippen LogP contribution is 2.21. The Balaban J connectivity index is 2.03. The largest absolute Gasteiger partial charge is 0.359 e. The summed E-state index contributed by atoms with van der Waals surface area (Å²) in [5.74, 6) is 0. The molecule has 0 saturated heterocycles. The Morgan fingerprint density at radius 2 is 1.85 bits per heavy atom. The molecule has 5 nitrogen and oxygen atoms in total. The monoisotopic (exact) mass is 387 g/mol. The molecule has 1 aromatic heterocycles. The van der Waals surface area contributed by atoms with E-state index >= 15 is 0 Å². The summed E-state index contributed by atoms with van der Waals surface area (Å²) >= 11 is 5.54. The molecule has 2 rings (SSSR count). The molecule has 6 heteroatoms. The number of anilines is 1. The molecule has 0 unspecified atom stereocenters. The van der Waals surface area contributed by atoms with E-state index in [0.717, 1.165) is 43.3 Å². The Kier molecular flexibility index (Phi) is 7.80. The fourth-order valence-corrected chi connectivity index (χ4v) is 3.57. The molecule has 0 amide bonds. The van der Waals surface area contributed by atoms with Crippen LogP contribution in [0.25, 0.3) is 0 Å². The maximum absolute atomic E-state index is 5.54. The first-order chi connectivity index (χ1) is 12.8. The highest BCUT2D eigenvalue weighted by Gasteiger charge is 2.15. The van der Waals surface area contributed by atoms with Crippen molar-refractivity contribution in [3.05, 3.63) is 46.8 Å². The minimum Gasteiger partial charge on any atom is -0.359 e. The third-order valence-electron chi connectivity index (χ3n) is 5.01. The van der Waals surface area contributed by atoms with E-state index in [1.54, 1.807) is 0 Å². The summed E-state index contributed by atoms with van der Waals surface area (Å²) in [4.78, 5) is 2.39. The lowest BCUT2D eigenvalue weighted by molar-refractivity contribution is 0.282. The number of benzene rings is 1. The minimum atomic E-state index is 0.285. The van der Waals surface area contributed by atoms with Crippen LogP contribution in [0.5, 0.6) is 0 Å². The molecule has 0 radical (unpaired) electrons. The SMILES string of the molecule is CCN(CC)C[C@H](C)NC(=S)Nc1c(C)nn(Cc2ccccc2C)c1C. The Hall–Kier alpha value is -1.92. The van der Waals surface area contributed by atoms with Gasteiger partial charge in [0.05, 0.1) is 23.6 Å². The minimum absolute atomic E-state index is 0.285. The van der Waals surface area contributed by atoms with E-state index in [2.05, 4.69) is 74.4 Å². The first-order valence-corrected chi connectivity index (χ1v) is 10.1. The predicted octanol–water partition coefficient (Wildman–Crippen LogP) is 3.87. The van der Waals surface area contributed by atoms with Crippen LogP contribution in [-0.4, -0.2) is 45.5 Å². The van der Waals surface area contributed by atoms with Crippen molar-refractivity contribution < 1.29 is 0 Å². The lowest BCUT2D eigenvalue weighted by Crippen LogP contribution is -2.43. The second kappa shape index (κ2) is 9.85. The van der Waals surface area contributed by atoms with Crippen molar-refractivity contribution in [1.82, 2.24) is 20.0 Å². The molecule has 0 bridgehead atoms. The molecule has 0 aliphatic carbocycles. The summed E-state index contributed by atoms with van der Waals surface area (Å²) in [6.07, 6.45) is 0. The van der Waals surface area contributed by atoms with Crippen LogP contribution in [-0.2, 0) is 6.54 Å². The van der Waals surface area contributed by atoms with Gasteiger partial charge in [-0.05, 0) is 64.1 Å². The molecule has 0 aliphatic heterocycles. The van der Waals surface area contributed by atoms with Gasteiger partial charge in [0.15, 0.2) is 5.11 Å². The summed E-state index contributed by atoms with van der Waals surface area (Å²) in [6, 6.07) is 8.71. The summed E-state index contributed by atoms with van der Waals surface area (Å²) in [7, 11) is 0. The summed E-state index contributed by atoms with van der Waals surface area (Å²) in [5.41, 5.74) is 5.61. The first-order valence-electron chi connectivity index (χ1n) is 9.74. The Morgan fingerprint density at radius 3 is 2.48 bits per heavy atom. The average Bonchev–Trinajstić information content (AvgIpc) is 2.89. The van der Waals surface area contributed by atoms with Gasteiger partial charge >= 0.3 is 0 Å². The van der Waals surface area contributed by atoms with Gasteiger partial charge in [-0.1, -0.05) is 38.1 Å². The van der Waals surface area contributed by atoms with E-state index < -0.39 is 0 Å². The van der Waals surface area contributed by atoms with Gasteiger partial charge in [-0.3, -0.25) is 4.68 Å². The van der Waals surface area contributed by atoms with Crippen LogP contribution in [0.4, 0.5) is 5.69 Å². The molecule has 2 aromatic rings. The fraction of sp³-hybridized carbons (Fsp3) is 0.524. The lowest BCUT2D eigenvalue weighted by Gasteiger charge is -2.24. The van der Waals surface area contributed by atoms with Crippen LogP contribution in [0.15, 0.2) is 24.3 Å². The zero-order valence-electron chi connectivity index (χ0n) is 17.5. The molecule has 1 atom stereocenters. The van der Waals surface area contributed by atoms with Gasteiger partial charge in [-0.2, -0.15) is 5.10 Å². The van der Waals surface area contributed by atoms with E-state index in [4.69, 9.17) is 17.3 Å². The standard InChI is InChI=1S/C21H33N5S/c1-7-25(8-2)13-16(4)22-21(27)23-20-17(5)24-26(18(20)6)14-19-12-10-9-11-15(19)3/h9-12,16H,7-8,13-14H2,1-6H3,(H2,22,23,27)/t16-/m0/s1. The van der Waals surface area contributed by atoms with E-state index in [0.29, 0.717) is 5.11 Å². The Bertz CT molecular complexity index is 764. The van der Waals surface area contributed by atoms with Crippen LogP contribution in [0.2, 0.25) is 0 Å². The van der Waals surface area contributed by atoms with Crippen molar-refractivity contribution in [1.29, 1.82) is 0 Å². The molecular formula is C21H33N5S. The van der Waals surface area contributed by atoms with Crippen LogP contribution >= 0.6 is 12.2 Å². The molecule has 0 spiro atoms. The smallest absolute Gasteiger partial charge is 0.171 e. The maximum atomic E-state index is 5.54. The van der Waals surface area contributed by atoms with E-state index in [-0.39, 0.29) is 6.04 Å². The number of hydrogen-bond acceptors (Lipinski definition) is 3. The van der Waals surface area contributed by atoms with Crippen LogP contribution in [0.1, 0.15) is 43.3 Å². The van der Waals surface area contributed by atoms with Crippen molar-refractivity contribution in [3.63, 3.8) is 0 Å². The second-order valence-corrected chi connectivity index (χ2v) is 7.52. The number of aromatic nitrogens is 2. The molecule has 27 heavy (non-hydrogen) atoms. The van der Waals surface area contributed by atoms with Gasteiger partial charge in [0.25, 0.3) is 0 Å². The third-order valence-corrected chi connectivity index (χ3v) is 5.23. The quantitative estimate of drug-likeness (QED) is 0.673.